The molecule has 0 aliphatic carbocycles. The van der Waals surface area contributed by atoms with E-state index in [2.05, 4.69) is 4.74 Å². The van der Waals surface area contributed by atoms with Gasteiger partial charge in [0.25, 0.3) is 0 Å². The number of esters is 1. The summed E-state index contributed by atoms with van der Waals surface area (Å²) in [7, 11) is 4.38. The van der Waals surface area contributed by atoms with Crippen LogP contribution in [0.1, 0.15) is 26.7 Å². The molecule has 0 aromatic rings. The van der Waals surface area contributed by atoms with E-state index in [9.17, 15) is 9.59 Å². The highest BCUT2D eigenvalue weighted by Gasteiger charge is 2.13. The maximum atomic E-state index is 10.9. The van der Waals surface area contributed by atoms with Crippen LogP contribution in [0.5, 0.6) is 0 Å². The zero-order valence-electron chi connectivity index (χ0n) is 9.06. The van der Waals surface area contributed by atoms with Crippen molar-refractivity contribution in [2.75, 3.05) is 7.11 Å². The van der Waals surface area contributed by atoms with Crippen LogP contribution in [-0.4, -0.2) is 34.7 Å². The van der Waals surface area contributed by atoms with E-state index in [1.54, 1.807) is 0 Å². The highest BCUT2D eigenvalue weighted by Crippen LogP contribution is 2.33. The van der Waals surface area contributed by atoms with Gasteiger partial charge in [-0.25, -0.2) is 0 Å². The Morgan fingerprint density at radius 2 is 1.67 bits per heavy atom. The predicted octanol–water partition coefficient (Wildman–Crippen LogP) is 2.18. The topological polar surface area (TPSA) is 63.6 Å². The Kier molecular flexibility index (Phi) is 7.68. The van der Waals surface area contributed by atoms with Crippen LogP contribution in [0.3, 0.4) is 0 Å². The molecular weight excluding hydrogens is 236 g/mol. The second kappa shape index (κ2) is 7.87. The van der Waals surface area contributed by atoms with Crippen molar-refractivity contribution in [1.82, 2.24) is 0 Å². The van der Waals surface area contributed by atoms with Gasteiger partial charge in [0, 0.05) is 10.5 Å². The van der Waals surface area contributed by atoms with E-state index in [0.717, 1.165) is 0 Å². The molecule has 15 heavy (non-hydrogen) atoms. The number of carbonyl (C=O) groups excluding carboxylic acids is 1. The smallest absolute Gasteiger partial charge is 0.306 e. The van der Waals surface area contributed by atoms with E-state index < -0.39 is 5.97 Å². The highest BCUT2D eigenvalue weighted by atomic mass is 33.1. The molecule has 0 fully saturated rings. The number of carboxylic acid groups (broad SMARTS) is 1. The fraction of sp³-hybridized carbons (Fsp3) is 0.778. The average molecular weight is 252 g/mol. The van der Waals surface area contributed by atoms with Crippen molar-refractivity contribution in [3.05, 3.63) is 0 Å². The third kappa shape index (κ3) is 8.62. The molecule has 2 atom stereocenters. The number of carbonyl (C=O) groups is 2. The predicted molar refractivity (Wildman–Crippen MR) is 63.0 cm³/mol. The summed E-state index contributed by atoms with van der Waals surface area (Å²) in [6, 6.07) is 0. The first-order valence-electron chi connectivity index (χ1n) is 4.56. The Labute approximate surface area is 97.5 Å². The number of methoxy groups -OCH3 is 1. The Hall–Kier alpha value is -0.360. The lowest BCUT2D eigenvalue weighted by Crippen LogP contribution is -2.09. The molecule has 0 amide bonds. The summed E-state index contributed by atoms with van der Waals surface area (Å²) in [5.41, 5.74) is 0. The van der Waals surface area contributed by atoms with Gasteiger partial charge in [0.1, 0.15) is 0 Å². The zero-order valence-corrected chi connectivity index (χ0v) is 10.7. The molecule has 0 rings (SSSR count). The molecule has 0 radical (unpaired) electrons. The molecule has 2 unspecified atom stereocenters. The van der Waals surface area contributed by atoms with Gasteiger partial charge >= 0.3 is 11.9 Å². The molecule has 88 valence electrons. The van der Waals surface area contributed by atoms with E-state index in [-0.39, 0.29) is 22.9 Å². The average Bonchev–Trinajstić information content (AvgIpc) is 2.13. The van der Waals surface area contributed by atoms with Crippen LogP contribution in [0, 0.1) is 0 Å². The van der Waals surface area contributed by atoms with Gasteiger partial charge in [-0.15, -0.1) is 0 Å². The van der Waals surface area contributed by atoms with E-state index in [1.807, 2.05) is 13.8 Å². The Morgan fingerprint density at radius 3 is 2.07 bits per heavy atom. The SMILES string of the molecule is COC(=O)CC(C)SSC(C)CC(=O)O. The van der Waals surface area contributed by atoms with E-state index in [1.165, 1.54) is 28.7 Å². The number of hydrogen-bond acceptors (Lipinski definition) is 5. The quantitative estimate of drug-likeness (QED) is 0.553. The molecule has 0 bridgehead atoms. The van der Waals surface area contributed by atoms with Crippen LogP contribution >= 0.6 is 21.6 Å². The lowest BCUT2D eigenvalue weighted by Gasteiger charge is -2.12. The highest BCUT2D eigenvalue weighted by molar-refractivity contribution is 8.77. The van der Waals surface area contributed by atoms with E-state index in [4.69, 9.17) is 5.11 Å². The molecule has 6 heteroatoms. The Balaban J connectivity index is 3.65. The minimum Gasteiger partial charge on any atom is -0.481 e. The summed E-state index contributed by atoms with van der Waals surface area (Å²) in [6.45, 7) is 3.78. The molecule has 0 heterocycles. The Bertz CT molecular complexity index is 220. The maximum absolute atomic E-state index is 10.9. The molecule has 0 spiro atoms. The fourth-order valence-electron chi connectivity index (χ4n) is 0.822. The summed E-state index contributed by atoms with van der Waals surface area (Å²) in [5.74, 6) is -1.03. The number of carboxylic acids is 1. The van der Waals surface area contributed by atoms with Crippen molar-refractivity contribution < 1.29 is 19.4 Å². The lowest BCUT2D eigenvalue weighted by atomic mass is 10.3. The van der Waals surface area contributed by atoms with Crippen LogP contribution in [-0.2, 0) is 14.3 Å². The first kappa shape index (κ1) is 14.6. The van der Waals surface area contributed by atoms with Crippen molar-refractivity contribution >= 4 is 33.5 Å². The molecule has 1 N–H and O–H groups in total. The van der Waals surface area contributed by atoms with Crippen molar-refractivity contribution in [2.24, 2.45) is 0 Å². The molecule has 0 saturated carbocycles. The summed E-state index contributed by atoms with van der Waals surface area (Å²) in [4.78, 5) is 21.3. The Morgan fingerprint density at radius 1 is 1.20 bits per heavy atom. The minimum absolute atomic E-state index is 0.0487. The molecule has 4 nitrogen and oxygen atoms in total. The van der Waals surface area contributed by atoms with Gasteiger partial charge in [-0.2, -0.15) is 0 Å². The van der Waals surface area contributed by atoms with Crippen LogP contribution in [0.25, 0.3) is 0 Å². The van der Waals surface area contributed by atoms with Crippen LogP contribution in [0.15, 0.2) is 0 Å². The summed E-state index contributed by atoms with van der Waals surface area (Å²) >= 11 is 0. The van der Waals surface area contributed by atoms with Gasteiger partial charge in [-0.3, -0.25) is 9.59 Å². The van der Waals surface area contributed by atoms with Gasteiger partial charge in [0.05, 0.1) is 20.0 Å². The normalized spacial score (nSPS) is 14.3. The maximum Gasteiger partial charge on any atom is 0.306 e. The third-order valence-corrected chi connectivity index (χ3v) is 4.93. The fourth-order valence-corrected chi connectivity index (χ4v) is 3.16. The second-order valence-electron chi connectivity index (χ2n) is 3.19. The van der Waals surface area contributed by atoms with E-state index in [0.29, 0.717) is 6.42 Å². The van der Waals surface area contributed by atoms with E-state index >= 15 is 0 Å². The lowest BCUT2D eigenvalue weighted by molar-refractivity contribution is -0.140. The molecule has 0 aromatic heterocycles. The zero-order chi connectivity index (χ0) is 11.8. The third-order valence-electron chi connectivity index (χ3n) is 1.53. The van der Waals surface area contributed by atoms with Crippen LogP contribution < -0.4 is 0 Å². The number of aliphatic carboxylic acids is 1. The largest absolute Gasteiger partial charge is 0.481 e. The summed E-state index contributed by atoms with van der Waals surface area (Å²) < 4.78 is 4.54. The van der Waals surface area contributed by atoms with Crippen molar-refractivity contribution in [2.45, 2.75) is 37.2 Å². The van der Waals surface area contributed by atoms with Crippen LogP contribution in [0.4, 0.5) is 0 Å². The molecule has 0 aliphatic heterocycles. The number of hydrogen-bond donors (Lipinski definition) is 1. The minimum atomic E-state index is -0.795. The standard InChI is InChI=1S/C9H16O4S2/c1-6(4-8(10)11)14-15-7(2)5-9(12)13-3/h6-7H,4-5H2,1-3H3,(H,10,11). The number of ether oxygens (including phenoxy) is 1. The van der Waals surface area contributed by atoms with Gasteiger partial charge in [0.2, 0.25) is 0 Å². The summed E-state index contributed by atoms with van der Waals surface area (Å²) in [5, 5.41) is 8.72. The number of rotatable bonds is 7. The molecule has 0 aliphatic rings. The van der Waals surface area contributed by atoms with Gasteiger partial charge in [0.15, 0.2) is 0 Å². The summed E-state index contributed by atoms with van der Waals surface area (Å²) in [6.07, 6.45) is 0.497. The monoisotopic (exact) mass is 252 g/mol. The van der Waals surface area contributed by atoms with Crippen molar-refractivity contribution in [3.8, 4) is 0 Å². The van der Waals surface area contributed by atoms with Crippen LogP contribution in [0.2, 0.25) is 0 Å². The van der Waals surface area contributed by atoms with Crippen molar-refractivity contribution in [1.29, 1.82) is 0 Å². The molecular formula is C9H16O4S2. The molecule has 0 aromatic carbocycles. The first-order valence-corrected chi connectivity index (χ1v) is 6.84. The molecule has 0 saturated heterocycles. The van der Waals surface area contributed by atoms with Gasteiger partial charge < -0.3 is 9.84 Å². The van der Waals surface area contributed by atoms with Gasteiger partial charge in [-0.1, -0.05) is 35.4 Å². The second-order valence-corrected chi connectivity index (χ2v) is 6.34. The first-order chi connectivity index (χ1) is 6.95. The van der Waals surface area contributed by atoms with Crippen molar-refractivity contribution in [3.63, 3.8) is 0 Å². The van der Waals surface area contributed by atoms with Gasteiger partial charge in [-0.05, 0) is 0 Å².